The molecular formula is C23H23NO9. The van der Waals surface area contributed by atoms with Crippen LogP contribution in [0.4, 0.5) is 0 Å². The van der Waals surface area contributed by atoms with Crippen molar-refractivity contribution in [3.05, 3.63) is 53.3 Å². The lowest BCUT2D eigenvalue weighted by Crippen LogP contribution is -2.49. The Labute approximate surface area is 189 Å². The quantitative estimate of drug-likeness (QED) is 0.479. The third-order valence-corrected chi connectivity index (χ3v) is 4.80. The molecule has 0 unspecified atom stereocenters. The summed E-state index contributed by atoms with van der Waals surface area (Å²) in [4.78, 5) is 35.7. The third-order valence-electron chi connectivity index (χ3n) is 4.80. The van der Waals surface area contributed by atoms with E-state index in [2.05, 4.69) is 5.32 Å². The highest BCUT2D eigenvalue weighted by Gasteiger charge is 2.29. The summed E-state index contributed by atoms with van der Waals surface area (Å²) in [6, 6.07) is 8.14. The first-order valence-electron chi connectivity index (χ1n) is 9.86. The number of benzene rings is 2. The fourth-order valence-electron chi connectivity index (χ4n) is 3.09. The van der Waals surface area contributed by atoms with E-state index in [0.717, 1.165) is 0 Å². The van der Waals surface area contributed by atoms with Gasteiger partial charge in [-0.25, -0.2) is 4.79 Å². The molecule has 0 saturated heterocycles. The summed E-state index contributed by atoms with van der Waals surface area (Å²) in [7, 11) is 3.04. The van der Waals surface area contributed by atoms with Gasteiger partial charge in [0.1, 0.15) is 23.0 Å². The van der Waals surface area contributed by atoms with Crippen LogP contribution in [0.2, 0.25) is 0 Å². The van der Waals surface area contributed by atoms with Gasteiger partial charge in [-0.1, -0.05) is 0 Å². The lowest BCUT2D eigenvalue weighted by Gasteiger charge is -2.17. The first kappa shape index (κ1) is 23.6. The van der Waals surface area contributed by atoms with Gasteiger partial charge in [0.2, 0.25) is 5.78 Å². The van der Waals surface area contributed by atoms with Crippen molar-refractivity contribution < 1.29 is 43.5 Å². The lowest BCUT2D eigenvalue weighted by molar-refractivity contribution is -0.145. The van der Waals surface area contributed by atoms with Crippen LogP contribution in [-0.2, 0) is 9.59 Å². The molecule has 1 amide bonds. The summed E-state index contributed by atoms with van der Waals surface area (Å²) in [6.07, 6.45) is 0.275. The van der Waals surface area contributed by atoms with E-state index >= 15 is 0 Å². The Balaban J connectivity index is 1.70. The number of fused-ring (bicyclic) bond motifs is 1. The predicted octanol–water partition coefficient (Wildman–Crippen LogP) is 1.65. The second kappa shape index (κ2) is 10.0. The van der Waals surface area contributed by atoms with Crippen molar-refractivity contribution in [3.8, 4) is 23.0 Å². The van der Waals surface area contributed by atoms with Crippen molar-refractivity contribution in [2.45, 2.75) is 19.1 Å². The van der Waals surface area contributed by atoms with Gasteiger partial charge in [-0.15, -0.1) is 0 Å². The minimum absolute atomic E-state index is 0.0876. The number of carboxylic acids is 1. The second-order valence-electron chi connectivity index (χ2n) is 7.12. The van der Waals surface area contributed by atoms with Crippen LogP contribution in [0.1, 0.15) is 22.8 Å². The molecule has 174 valence electrons. The molecule has 33 heavy (non-hydrogen) atoms. The van der Waals surface area contributed by atoms with E-state index in [9.17, 15) is 19.5 Å². The van der Waals surface area contributed by atoms with Gasteiger partial charge in [0.05, 0.1) is 25.9 Å². The summed E-state index contributed by atoms with van der Waals surface area (Å²) in [6.45, 7) is 0.760. The highest BCUT2D eigenvalue weighted by molar-refractivity contribution is 6.14. The van der Waals surface area contributed by atoms with Gasteiger partial charge in [0.25, 0.3) is 5.91 Å². The molecule has 0 fully saturated rings. The van der Waals surface area contributed by atoms with Gasteiger partial charge < -0.3 is 34.5 Å². The predicted molar refractivity (Wildman–Crippen MR) is 116 cm³/mol. The van der Waals surface area contributed by atoms with Gasteiger partial charge in [0.15, 0.2) is 18.4 Å². The number of nitrogens with one attached hydrogen (secondary N) is 1. The monoisotopic (exact) mass is 457 g/mol. The summed E-state index contributed by atoms with van der Waals surface area (Å²) in [5.74, 6) is -0.736. The van der Waals surface area contributed by atoms with Crippen LogP contribution >= 0.6 is 0 Å². The number of carbonyl (C=O) groups is 3. The van der Waals surface area contributed by atoms with Gasteiger partial charge in [-0.05, 0) is 37.3 Å². The number of carbonyl (C=O) groups excluding carboxylic acids is 2. The number of Topliss-reactive ketones (excluding diaryl/α,β-unsaturated/α-hetero) is 1. The Bertz CT molecular complexity index is 1110. The number of aliphatic hydroxyl groups is 1. The second-order valence-corrected chi connectivity index (χ2v) is 7.12. The largest absolute Gasteiger partial charge is 0.497 e. The summed E-state index contributed by atoms with van der Waals surface area (Å²) < 4.78 is 21.6. The van der Waals surface area contributed by atoms with E-state index in [-0.39, 0.29) is 23.0 Å². The van der Waals surface area contributed by atoms with Crippen LogP contribution in [0.15, 0.2) is 42.2 Å². The number of hydrogen-bond acceptors (Lipinski definition) is 8. The maximum absolute atomic E-state index is 12.7. The fourth-order valence-corrected chi connectivity index (χ4v) is 3.09. The molecule has 0 saturated carbocycles. The number of rotatable bonds is 9. The van der Waals surface area contributed by atoms with Crippen molar-refractivity contribution in [2.24, 2.45) is 0 Å². The molecule has 1 heterocycles. The van der Waals surface area contributed by atoms with Gasteiger partial charge in [0, 0.05) is 17.7 Å². The maximum Gasteiger partial charge on any atom is 0.328 e. The van der Waals surface area contributed by atoms with E-state index in [1.165, 1.54) is 39.3 Å². The number of ether oxygens (including phenoxy) is 4. The Morgan fingerprint density at radius 2 is 1.85 bits per heavy atom. The standard InChI is InChI=1S/C23H23NO9/c1-12(25)21(23(28)29)24-20(26)11-32-15-6-7-16-18(10-15)33-19(22(16)27)8-13-4-5-14(30-2)9-17(13)31-3/h4-10,12,21,25H,11H2,1-3H3,(H,24,26)(H,28,29)/b19-8-/t12-,21-/m1/s1. The topological polar surface area (TPSA) is 141 Å². The molecule has 3 rings (SSSR count). The smallest absolute Gasteiger partial charge is 0.328 e. The Kier molecular flexibility index (Phi) is 7.19. The molecular weight excluding hydrogens is 434 g/mol. The minimum atomic E-state index is -1.45. The number of ketones is 1. The highest BCUT2D eigenvalue weighted by atomic mass is 16.5. The van der Waals surface area contributed by atoms with Crippen LogP contribution in [0, 0.1) is 0 Å². The Hall–Kier alpha value is -4.05. The fraction of sp³-hybridized carbons (Fsp3) is 0.261. The first-order chi connectivity index (χ1) is 15.7. The molecule has 2 aromatic rings. The molecule has 0 radical (unpaired) electrons. The summed E-state index contributed by atoms with van der Waals surface area (Å²) in [5.41, 5.74) is 0.944. The van der Waals surface area contributed by atoms with Crippen molar-refractivity contribution in [2.75, 3.05) is 20.8 Å². The normalized spacial score (nSPS) is 15.3. The van der Waals surface area contributed by atoms with Crippen molar-refractivity contribution >= 4 is 23.7 Å². The van der Waals surface area contributed by atoms with Gasteiger partial charge in [-0.3, -0.25) is 9.59 Å². The van der Waals surface area contributed by atoms with E-state index in [1.54, 1.807) is 24.3 Å². The number of aliphatic hydroxyl groups excluding tert-OH is 1. The number of amides is 1. The number of hydrogen-bond donors (Lipinski definition) is 3. The van der Waals surface area contributed by atoms with Crippen LogP contribution in [0.5, 0.6) is 23.0 Å². The number of methoxy groups -OCH3 is 2. The van der Waals surface area contributed by atoms with Crippen LogP contribution < -0.4 is 24.3 Å². The molecule has 0 aromatic heterocycles. The zero-order chi connectivity index (χ0) is 24.1. The molecule has 0 aliphatic carbocycles. The molecule has 0 bridgehead atoms. The highest BCUT2D eigenvalue weighted by Crippen LogP contribution is 2.36. The van der Waals surface area contributed by atoms with Crippen LogP contribution in [-0.4, -0.2) is 60.8 Å². The average molecular weight is 457 g/mol. The lowest BCUT2D eigenvalue weighted by atomic mass is 10.1. The van der Waals surface area contributed by atoms with Gasteiger partial charge in [-0.2, -0.15) is 0 Å². The van der Waals surface area contributed by atoms with Crippen molar-refractivity contribution in [3.63, 3.8) is 0 Å². The summed E-state index contributed by atoms with van der Waals surface area (Å²) in [5, 5.41) is 20.6. The van der Waals surface area contributed by atoms with Crippen LogP contribution in [0.25, 0.3) is 6.08 Å². The van der Waals surface area contributed by atoms with E-state index in [0.29, 0.717) is 22.6 Å². The zero-order valence-electron chi connectivity index (χ0n) is 18.2. The average Bonchev–Trinajstić information content (AvgIpc) is 3.10. The number of aliphatic carboxylic acids is 1. The molecule has 3 N–H and O–H groups in total. The number of allylic oxidation sites excluding steroid dienone is 1. The molecule has 10 heteroatoms. The SMILES string of the molecule is COc1ccc(/C=C2\Oc3cc(OCC(=O)N[C@@H](C(=O)O)[C@@H](C)O)ccc3C2=O)c(OC)c1. The molecule has 1 aliphatic rings. The molecule has 10 nitrogen and oxygen atoms in total. The van der Waals surface area contributed by atoms with Crippen molar-refractivity contribution in [1.82, 2.24) is 5.32 Å². The minimum Gasteiger partial charge on any atom is -0.497 e. The van der Waals surface area contributed by atoms with Crippen LogP contribution in [0.3, 0.4) is 0 Å². The van der Waals surface area contributed by atoms with E-state index in [1.807, 2.05) is 0 Å². The zero-order valence-corrected chi connectivity index (χ0v) is 18.2. The van der Waals surface area contributed by atoms with E-state index < -0.39 is 30.6 Å². The Morgan fingerprint density at radius 3 is 2.48 bits per heavy atom. The molecule has 0 spiro atoms. The van der Waals surface area contributed by atoms with E-state index in [4.69, 9.17) is 24.1 Å². The van der Waals surface area contributed by atoms with Gasteiger partial charge >= 0.3 is 5.97 Å². The number of carboxylic acid groups (broad SMARTS) is 1. The molecule has 2 atom stereocenters. The maximum atomic E-state index is 12.7. The summed E-state index contributed by atoms with van der Waals surface area (Å²) >= 11 is 0. The molecule has 1 aliphatic heterocycles. The third kappa shape index (κ3) is 5.42. The Morgan fingerprint density at radius 1 is 1.12 bits per heavy atom. The van der Waals surface area contributed by atoms with Crippen molar-refractivity contribution in [1.29, 1.82) is 0 Å². The molecule has 2 aromatic carbocycles. The first-order valence-corrected chi connectivity index (χ1v) is 9.86.